The molecular formula is C12H10F2N2O2. The Kier molecular flexibility index (Phi) is 3.18. The molecule has 0 saturated carbocycles. The van der Waals surface area contributed by atoms with Gasteiger partial charge in [0.2, 0.25) is 11.7 Å². The van der Waals surface area contributed by atoms with E-state index in [1.807, 2.05) is 0 Å². The van der Waals surface area contributed by atoms with Gasteiger partial charge in [0.15, 0.2) is 0 Å². The molecule has 4 nitrogen and oxygen atoms in total. The van der Waals surface area contributed by atoms with Crippen molar-refractivity contribution in [1.29, 1.82) is 0 Å². The standard InChI is InChI=1S/C12H10F2N2O2/c1-6(7(2)17)12-15-11(16-18-12)8-3-9(13)5-10(14)4-8/h3-6H,1-2H3. The lowest BCUT2D eigenvalue weighted by atomic mass is 10.1. The fourth-order valence-electron chi connectivity index (χ4n) is 1.39. The molecule has 0 aliphatic rings. The van der Waals surface area contributed by atoms with E-state index < -0.39 is 17.6 Å². The Bertz CT molecular complexity index is 575. The summed E-state index contributed by atoms with van der Waals surface area (Å²) in [7, 11) is 0. The first-order valence-corrected chi connectivity index (χ1v) is 5.28. The Hall–Kier alpha value is -2.11. The van der Waals surface area contributed by atoms with Crippen LogP contribution in [0.15, 0.2) is 22.7 Å². The number of benzene rings is 1. The fraction of sp³-hybridized carbons (Fsp3) is 0.250. The molecule has 0 N–H and O–H groups in total. The molecule has 0 radical (unpaired) electrons. The van der Waals surface area contributed by atoms with Crippen LogP contribution in [0, 0.1) is 11.6 Å². The summed E-state index contributed by atoms with van der Waals surface area (Å²) in [4.78, 5) is 15.1. The number of nitrogens with zero attached hydrogens (tertiary/aromatic N) is 2. The highest BCUT2D eigenvalue weighted by molar-refractivity contribution is 5.81. The molecule has 0 amide bonds. The zero-order valence-corrected chi connectivity index (χ0v) is 9.78. The molecule has 1 atom stereocenters. The maximum Gasteiger partial charge on any atom is 0.237 e. The highest BCUT2D eigenvalue weighted by atomic mass is 19.1. The lowest BCUT2D eigenvalue weighted by Gasteiger charge is -1.98. The average Bonchev–Trinajstić information content (AvgIpc) is 2.75. The minimum absolute atomic E-state index is 0.0523. The molecule has 1 heterocycles. The Morgan fingerprint density at radius 2 is 1.89 bits per heavy atom. The van der Waals surface area contributed by atoms with Crippen LogP contribution in [0.4, 0.5) is 8.78 Å². The molecule has 0 fully saturated rings. The molecule has 6 heteroatoms. The number of hydrogen-bond acceptors (Lipinski definition) is 4. The van der Waals surface area contributed by atoms with Crippen LogP contribution in [0.25, 0.3) is 11.4 Å². The zero-order chi connectivity index (χ0) is 13.3. The minimum Gasteiger partial charge on any atom is -0.338 e. The second-order valence-corrected chi connectivity index (χ2v) is 3.95. The molecule has 0 aliphatic carbocycles. The quantitative estimate of drug-likeness (QED) is 0.842. The normalized spacial score (nSPS) is 12.4. The molecule has 0 spiro atoms. The average molecular weight is 252 g/mol. The van der Waals surface area contributed by atoms with Gasteiger partial charge in [0, 0.05) is 11.6 Å². The number of ketones is 1. The number of halogens is 2. The molecule has 18 heavy (non-hydrogen) atoms. The highest BCUT2D eigenvalue weighted by Gasteiger charge is 2.19. The lowest BCUT2D eigenvalue weighted by Crippen LogP contribution is -2.04. The van der Waals surface area contributed by atoms with E-state index in [9.17, 15) is 13.6 Å². The van der Waals surface area contributed by atoms with E-state index in [4.69, 9.17) is 4.52 Å². The van der Waals surface area contributed by atoms with Gasteiger partial charge in [-0.2, -0.15) is 4.98 Å². The van der Waals surface area contributed by atoms with Crippen molar-refractivity contribution in [2.24, 2.45) is 0 Å². The zero-order valence-electron chi connectivity index (χ0n) is 9.78. The van der Waals surface area contributed by atoms with Crippen molar-refractivity contribution >= 4 is 5.78 Å². The van der Waals surface area contributed by atoms with Crippen molar-refractivity contribution in [1.82, 2.24) is 10.1 Å². The summed E-state index contributed by atoms with van der Waals surface area (Å²) >= 11 is 0. The van der Waals surface area contributed by atoms with Gasteiger partial charge >= 0.3 is 0 Å². The molecule has 1 unspecified atom stereocenters. The number of aromatic nitrogens is 2. The molecule has 1 aromatic carbocycles. The SMILES string of the molecule is CC(=O)C(C)c1nc(-c2cc(F)cc(F)c2)no1. The van der Waals surface area contributed by atoms with E-state index in [0.29, 0.717) is 0 Å². The van der Waals surface area contributed by atoms with Gasteiger partial charge in [-0.1, -0.05) is 5.16 Å². The summed E-state index contributed by atoms with van der Waals surface area (Å²) in [6.07, 6.45) is 0. The van der Waals surface area contributed by atoms with Crippen LogP contribution in [0.5, 0.6) is 0 Å². The minimum atomic E-state index is -0.726. The highest BCUT2D eigenvalue weighted by Crippen LogP contribution is 2.21. The van der Waals surface area contributed by atoms with E-state index in [2.05, 4.69) is 10.1 Å². The fourth-order valence-corrected chi connectivity index (χ4v) is 1.39. The van der Waals surface area contributed by atoms with E-state index in [1.165, 1.54) is 6.92 Å². The number of Topliss-reactive ketones (excluding diaryl/α,β-unsaturated/α-hetero) is 1. The Balaban J connectivity index is 2.37. The van der Waals surface area contributed by atoms with Crippen LogP contribution >= 0.6 is 0 Å². The van der Waals surface area contributed by atoms with Crippen LogP contribution in [0.2, 0.25) is 0 Å². The van der Waals surface area contributed by atoms with Gasteiger partial charge in [-0.25, -0.2) is 8.78 Å². The van der Waals surface area contributed by atoms with E-state index in [-0.39, 0.29) is 23.1 Å². The van der Waals surface area contributed by atoms with Crippen molar-refractivity contribution in [2.75, 3.05) is 0 Å². The third-order valence-electron chi connectivity index (χ3n) is 2.54. The number of hydrogen-bond donors (Lipinski definition) is 0. The largest absolute Gasteiger partial charge is 0.338 e. The van der Waals surface area contributed by atoms with Crippen LogP contribution in [-0.4, -0.2) is 15.9 Å². The van der Waals surface area contributed by atoms with Gasteiger partial charge in [0.05, 0.1) is 5.92 Å². The van der Waals surface area contributed by atoms with Gasteiger partial charge in [-0.3, -0.25) is 4.79 Å². The topological polar surface area (TPSA) is 56.0 Å². The Morgan fingerprint density at radius 3 is 2.44 bits per heavy atom. The Labute approximate surface area is 102 Å². The smallest absolute Gasteiger partial charge is 0.237 e. The first-order valence-electron chi connectivity index (χ1n) is 5.28. The van der Waals surface area contributed by atoms with Crippen molar-refractivity contribution in [3.63, 3.8) is 0 Å². The van der Waals surface area contributed by atoms with Crippen LogP contribution in [0.3, 0.4) is 0 Å². The second-order valence-electron chi connectivity index (χ2n) is 3.95. The maximum absolute atomic E-state index is 13.0. The number of rotatable bonds is 3. The second kappa shape index (κ2) is 4.64. The van der Waals surface area contributed by atoms with Crippen LogP contribution in [-0.2, 0) is 4.79 Å². The summed E-state index contributed by atoms with van der Waals surface area (Å²) < 4.78 is 30.9. The summed E-state index contributed by atoms with van der Waals surface area (Å²) in [5.74, 6) is -1.94. The van der Waals surface area contributed by atoms with E-state index >= 15 is 0 Å². The molecular weight excluding hydrogens is 242 g/mol. The molecule has 0 bridgehead atoms. The Morgan fingerprint density at radius 1 is 1.28 bits per heavy atom. The van der Waals surface area contributed by atoms with Crippen molar-refractivity contribution in [3.05, 3.63) is 35.7 Å². The van der Waals surface area contributed by atoms with E-state index in [0.717, 1.165) is 18.2 Å². The maximum atomic E-state index is 13.0. The van der Waals surface area contributed by atoms with Gasteiger partial charge in [-0.15, -0.1) is 0 Å². The molecule has 94 valence electrons. The lowest BCUT2D eigenvalue weighted by molar-refractivity contribution is -0.118. The molecule has 2 rings (SSSR count). The summed E-state index contributed by atoms with van der Waals surface area (Å²) in [5, 5.41) is 3.60. The monoisotopic (exact) mass is 252 g/mol. The van der Waals surface area contributed by atoms with Crippen molar-refractivity contribution < 1.29 is 18.1 Å². The van der Waals surface area contributed by atoms with Gasteiger partial charge in [-0.05, 0) is 26.0 Å². The van der Waals surface area contributed by atoms with Gasteiger partial charge < -0.3 is 4.52 Å². The number of carbonyl (C=O) groups excluding carboxylic acids is 1. The summed E-state index contributed by atoms with van der Waals surface area (Å²) in [6.45, 7) is 3.02. The third kappa shape index (κ3) is 2.42. The molecule has 0 aliphatic heterocycles. The third-order valence-corrected chi connectivity index (χ3v) is 2.54. The first-order chi connectivity index (χ1) is 8.47. The molecule has 2 aromatic rings. The predicted molar refractivity (Wildman–Crippen MR) is 58.7 cm³/mol. The van der Waals surface area contributed by atoms with Crippen molar-refractivity contribution in [2.45, 2.75) is 19.8 Å². The predicted octanol–water partition coefficient (Wildman–Crippen LogP) is 2.71. The van der Waals surface area contributed by atoms with E-state index in [1.54, 1.807) is 6.92 Å². The van der Waals surface area contributed by atoms with Gasteiger partial charge in [0.25, 0.3) is 0 Å². The molecule has 1 aromatic heterocycles. The van der Waals surface area contributed by atoms with Crippen LogP contribution in [0.1, 0.15) is 25.7 Å². The van der Waals surface area contributed by atoms with Crippen LogP contribution < -0.4 is 0 Å². The number of carbonyl (C=O) groups is 1. The molecule has 0 saturated heterocycles. The first kappa shape index (κ1) is 12.3. The summed E-state index contributed by atoms with van der Waals surface area (Å²) in [6, 6.07) is 2.94. The van der Waals surface area contributed by atoms with Gasteiger partial charge in [0.1, 0.15) is 17.4 Å². The summed E-state index contributed by atoms with van der Waals surface area (Å²) in [5.41, 5.74) is 0.165. The van der Waals surface area contributed by atoms with Crippen molar-refractivity contribution in [3.8, 4) is 11.4 Å².